The number of hydrogen-bond donors (Lipinski definition) is 1. The monoisotopic (exact) mass is 646 g/mol. The van der Waals surface area contributed by atoms with Gasteiger partial charge >= 0.3 is 5.63 Å². The van der Waals surface area contributed by atoms with Gasteiger partial charge in [-0.15, -0.1) is 23.2 Å². The number of nitrogen functional groups attached to an aromatic ring is 1. The predicted molar refractivity (Wildman–Crippen MR) is 180 cm³/mol. The summed E-state index contributed by atoms with van der Waals surface area (Å²) in [5, 5.41) is 1.04. The van der Waals surface area contributed by atoms with E-state index in [4.69, 9.17) is 42.8 Å². The molecule has 0 bridgehead atoms. The van der Waals surface area contributed by atoms with Gasteiger partial charge < -0.3 is 19.6 Å². The zero-order valence-corrected chi connectivity index (χ0v) is 26.3. The summed E-state index contributed by atoms with van der Waals surface area (Å²) in [6, 6.07) is 29.1. The summed E-state index contributed by atoms with van der Waals surface area (Å²) < 4.78 is 17.2. The second-order valence-corrected chi connectivity index (χ2v) is 9.77. The van der Waals surface area contributed by atoms with Gasteiger partial charge in [-0.05, 0) is 62.4 Å². The van der Waals surface area contributed by atoms with Crippen molar-refractivity contribution in [1.29, 1.82) is 0 Å². The summed E-state index contributed by atoms with van der Waals surface area (Å²) in [5.74, 6) is 2.41. The number of rotatable bonds is 7. The maximum Gasteiger partial charge on any atom is 0.346 e. The molecule has 0 spiro atoms. The zero-order chi connectivity index (χ0) is 32.2. The molecule has 0 atom stereocenters. The summed E-state index contributed by atoms with van der Waals surface area (Å²) in [6.07, 6.45) is 0. The van der Waals surface area contributed by atoms with Crippen LogP contribution in [0.5, 0.6) is 11.5 Å². The Bertz CT molecular complexity index is 1990. The lowest BCUT2D eigenvalue weighted by Crippen LogP contribution is -2.24. The van der Waals surface area contributed by atoms with Crippen LogP contribution in [0.1, 0.15) is 25.6 Å². The molecule has 11 heteroatoms. The number of para-hydroxylation sites is 6. The van der Waals surface area contributed by atoms with E-state index in [-0.39, 0.29) is 28.8 Å². The molecule has 0 fully saturated rings. The highest BCUT2D eigenvalue weighted by Crippen LogP contribution is 2.24. The third kappa shape index (κ3) is 8.20. The summed E-state index contributed by atoms with van der Waals surface area (Å²) in [4.78, 5) is 32.7. The summed E-state index contributed by atoms with van der Waals surface area (Å²) in [6.45, 7) is 5.02. The van der Waals surface area contributed by atoms with Gasteiger partial charge in [0.15, 0.2) is 0 Å². The molecule has 0 unspecified atom stereocenters. The van der Waals surface area contributed by atoms with Crippen LogP contribution in [0.4, 0.5) is 5.69 Å². The van der Waals surface area contributed by atoms with E-state index < -0.39 is 0 Å². The van der Waals surface area contributed by atoms with Crippen molar-refractivity contribution in [3.8, 4) is 17.2 Å². The van der Waals surface area contributed by atoms with Gasteiger partial charge in [0.1, 0.15) is 17.3 Å². The Labute approximate surface area is 269 Å². The van der Waals surface area contributed by atoms with E-state index in [0.717, 1.165) is 5.75 Å². The molecule has 0 aliphatic rings. The first-order chi connectivity index (χ1) is 21.9. The second-order valence-electron chi connectivity index (χ2n) is 9.24. The first-order valence-corrected chi connectivity index (χ1v) is 15.2. The molecule has 232 valence electrons. The average Bonchev–Trinajstić information content (AvgIpc) is 3.07. The Morgan fingerprint density at radius 1 is 0.711 bits per heavy atom. The fourth-order valence-corrected chi connectivity index (χ4v) is 4.62. The first-order valence-electron chi connectivity index (χ1n) is 14.1. The molecule has 0 aliphatic heterocycles. The van der Waals surface area contributed by atoms with Gasteiger partial charge in [0.05, 0.1) is 58.2 Å². The molecule has 6 rings (SSSR count). The third-order valence-electron chi connectivity index (χ3n) is 6.28. The lowest BCUT2D eigenvalue weighted by atomic mass is 10.2. The van der Waals surface area contributed by atoms with Crippen molar-refractivity contribution in [3.05, 3.63) is 130 Å². The maximum absolute atomic E-state index is 12.9. The number of benzene rings is 4. The Hall–Kier alpha value is -4.86. The number of anilines is 1. The smallest absolute Gasteiger partial charge is 0.346 e. The number of fused-ring (bicyclic) bond motifs is 2. The van der Waals surface area contributed by atoms with E-state index in [2.05, 4.69) is 9.97 Å². The van der Waals surface area contributed by atoms with Crippen LogP contribution in [0.3, 0.4) is 0 Å². The molecule has 0 saturated heterocycles. The van der Waals surface area contributed by atoms with E-state index in [1.165, 1.54) is 4.57 Å². The van der Waals surface area contributed by atoms with Crippen LogP contribution in [0, 0.1) is 0 Å². The molecule has 0 radical (unpaired) electrons. The van der Waals surface area contributed by atoms with Crippen molar-refractivity contribution in [2.75, 3.05) is 18.9 Å². The van der Waals surface area contributed by atoms with Crippen molar-refractivity contribution in [1.82, 2.24) is 14.5 Å². The number of ether oxygens (including phenoxy) is 2. The number of hydrogen-bond acceptors (Lipinski definition) is 8. The third-order valence-corrected chi connectivity index (χ3v) is 6.75. The first kappa shape index (κ1) is 33.0. The van der Waals surface area contributed by atoms with Gasteiger partial charge in [-0.2, -0.15) is 0 Å². The maximum atomic E-state index is 12.9. The van der Waals surface area contributed by atoms with E-state index in [1.54, 1.807) is 24.3 Å². The minimum atomic E-state index is -0.388. The van der Waals surface area contributed by atoms with Crippen LogP contribution in [0.25, 0.3) is 27.5 Å². The highest BCUT2D eigenvalue weighted by molar-refractivity contribution is 6.17. The van der Waals surface area contributed by atoms with Crippen LogP contribution in [0.2, 0.25) is 0 Å². The topological polar surface area (TPSA) is 122 Å². The normalized spacial score (nSPS) is 10.4. The van der Waals surface area contributed by atoms with Crippen LogP contribution < -0.4 is 26.4 Å². The van der Waals surface area contributed by atoms with Crippen molar-refractivity contribution >= 4 is 50.7 Å². The van der Waals surface area contributed by atoms with Crippen LogP contribution in [0.15, 0.2) is 111 Å². The molecular weight excluding hydrogens is 615 g/mol. The van der Waals surface area contributed by atoms with Crippen molar-refractivity contribution in [2.24, 2.45) is 0 Å². The quantitative estimate of drug-likeness (QED) is 0.144. The molecule has 0 saturated carbocycles. The van der Waals surface area contributed by atoms with Gasteiger partial charge in [0.25, 0.3) is 5.56 Å². The molecule has 2 aromatic heterocycles. The van der Waals surface area contributed by atoms with Gasteiger partial charge in [0, 0.05) is 0 Å². The van der Waals surface area contributed by atoms with Crippen molar-refractivity contribution in [3.63, 3.8) is 0 Å². The fraction of sp³-hybridized carbons (Fsp3) is 0.176. The number of nitrogens with two attached hydrogens (primary N) is 1. The molecule has 0 amide bonds. The minimum absolute atomic E-state index is 0.111. The number of halogens is 2. The molecule has 9 nitrogen and oxygen atoms in total. The summed E-state index contributed by atoms with van der Waals surface area (Å²) in [7, 11) is 0. The van der Waals surface area contributed by atoms with Gasteiger partial charge in [-0.25, -0.2) is 14.8 Å². The predicted octanol–water partition coefficient (Wildman–Crippen LogP) is 7.12. The number of aromatic nitrogens is 3. The van der Waals surface area contributed by atoms with Crippen LogP contribution in [-0.2, 0) is 11.8 Å². The van der Waals surface area contributed by atoms with E-state index >= 15 is 0 Å². The van der Waals surface area contributed by atoms with Crippen molar-refractivity contribution < 1.29 is 13.9 Å². The van der Waals surface area contributed by atoms with Gasteiger partial charge in [-0.1, -0.05) is 48.5 Å². The van der Waals surface area contributed by atoms with Gasteiger partial charge in [-0.3, -0.25) is 9.36 Å². The molecule has 6 aromatic rings. The fourth-order valence-electron chi connectivity index (χ4n) is 4.32. The average molecular weight is 648 g/mol. The lowest BCUT2D eigenvalue weighted by Gasteiger charge is -2.15. The Morgan fingerprint density at radius 2 is 1.27 bits per heavy atom. The summed E-state index contributed by atoms with van der Waals surface area (Å²) >= 11 is 11.5. The number of alkyl halides is 2. The van der Waals surface area contributed by atoms with E-state index in [9.17, 15) is 9.59 Å². The Balaban J connectivity index is 0.000000170. The molecule has 4 aromatic carbocycles. The SMILES string of the molecule is CCOc1ccccc1-n1c(CCl)nc2ccccc2c1=O.CCOc1ccccc1N.O=c1oc(CCl)nc2ccccc12. The molecular formula is C34H32Cl2N4O5. The second kappa shape index (κ2) is 16.3. The van der Waals surface area contributed by atoms with Crippen LogP contribution in [-0.4, -0.2) is 27.7 Å². The molecule has 0 aliphatic carbocycles. The van der Waals surface area contributed by atoms with E-state index in [0.29, 0.717) is 58.0 Å². The van der Waals surface area contributed by atoms with Crippen molar-refractivity contribution in [2.45, 2.75) is 25.6 Å². The Kier molecular flexibility index (Phi) is 12.0. The summed E-state index contributed by atoms with van der Waals surface area (Å²) in [5.41, 5.74) is 7.67. The molecule has 45 heavy (non-hydrogen) atoms. The number of nitrogens with zero attached hydrogens (tertiary/aromatic N) is 3. The molecule has 2 heterocycles. The minimum Gasteiger partial charge on any atom is -0.492 e. The van der Waals surface area contributed by atoms with E-state index in [1.807, 2.05) is 86.6 Å². The lowest BCUT2D eigenvalue weighted by molar-refractivity contribution is 0.338. The van der Waals surface area contributed by atoms with Crippen LogP contribution >= 0.6 is 23.2 Å². The molecule has 2 N–H and O–H groups in total. The highest BCUT2D eigenvalue weighted by Gasteiger charge is 2.15. The standard InChI is InChI=1S/C17H15ClN2O2.C9H6ClNO2.C8H11NO/c1-2-22-15-10-6-5-9-14(15)20-16(11-18)19-13-8-4-3-7-12(13)17(20)21;10-5-8-11-7-4-2-1-3-6(7)9(12)13-8;1-2-10-8-6-4-3-5-7(8)9/h3-10H,2,11H2,1H3;1-4H,5H2;3-6H,2,9H2,1H3. The Morgan fingerprint density at radius 3 is 1.91 bits per heavy atom. The zero-order valence-electron chi connectivity index (χ0n) is 24.8. The van der Waals surface area contributed by atoms with Gasteiger partial charge in [0.2, 0.25) is 5.89 Å². The largest absolute Gasteiger partial charge is 0.492 e. The highest BCUT2D eigenvalue weighted by atomic mass is 35.5.